The van der Waals surface area contributed by atoms with E-state index < -0.39 is 0 Å². The number of nitrogens with zero attached hydrogens (tertiary/aromatic N) is 1. The summed E-state index contributed by atoms with van der Waals surface area (Å²) in [5, 5.41) is 3.58. The van der Waals surface area contributed by atoms with Crippen LogP contribution in [0.15, 0.2) is 18.2 Å². The maximum atomic E-state index is 5.95. The molecule has 1 N–H and O–H groups in total. The SMILES string of the molecule is Cc1cccc(CNC2CCCC2CCl)n1. The predicted molar refractivity (Wildman–Crippen MR) is 67.7 cm³/mol. The van der Waals surface area contributed by atoms with E-state index in [2.05, 4.69) is 22.4 Å². The monoisotopic (exact) mass is 238 g/mol. The summed E-state index contributed by atoms with van der Waals surface area (Å²) in [7, 11) is 0. The van der Waals surface area contributed by atoms with Crippen molar-refractivity contribution in [2.75, 3.05) is 5.88 Å². The molecule has 1 saturated carbocycles. The number of pyridine rings is 1. The fourth-order valence-corrected chi connectivity index (χ4v) is 2.79. The molecule has 3 heteroatoms. The van der Waals surface area contributed by atoms with Crippen molar-refractivity contribution in [2.24, 2.45) is 5.92 Å². The van der Waals surface area contributed by atoms with Crippen LogP contribution in [0.1, 0.15) is 30.7 Å². The fourth-order valence-electron chi connectivity index (χ4n) is 2.42. The highest BCUT2D eigenvalue weighted by molar-refractivity contribution is 6.18. The van der Waals surface area contributed by atoms with Crippen LogP contribution in [-0.2, 0) is 6.54 Å². The van der Waals surface area contributed by atoms with E-state index in [0.29, 0.717) is 12.0 Å². The van der Waals surface area contributed by atoms with Gasteiger partial charge in [-0.25, -0.2) is 0 Å². The van der Waals surface area contributed by atoms with Crippen molar-refractivity contribution >= 4 is 11.6 Å². The van der Waals surface area contributed by atoms with Gasteiger partial charge < -0.3 is 5.32 Å². The average molecular weight is 239 g/mol. The zero-order chi connectivity index (χ0) is 11.4. The molecule has 0 radical (unpaired) electrons. The molecule has 1 aliphatic rings. The van der Waals surface area contributed by atoms with Gasteiger partial charge >= 0.3 is 0 Å². The van der Waals surface area contributed by atoms with Crippen molar-refractivity contribution in [3.8, 4) is 0 Å². The zero-order valence-corrected chi connectivity index (χ0v) is 10.5. The molecule has 1 aromatic rings. The van der Waals surface area contributed by atoms with Gasteiger partial charge in [-0.1, -0.05) is 12.5 Å². The van der Waals surface area contributed by atoms with E-state index >= 15 is 0 Å². The third-order valence-corrected chi connectivity index (χ3v) is 3.75. The van der Waals surface area contributed by atoms with Crippen LogP contribution in [0.4, 0.5) is 0 Å². The third kappa shape index (κ3) is 2.96. The van der Waals surface area contributed by atoms with Crippen molar-refractivity contribution < 1.29 is 0 Å². The van der Waals surface area contributed by atoms with Crippen molar-refractivity contribution in [1.82, 2.24) is 10.3 Å². The lowest BCUT2D eigenvalue weighted by Gasteiger charge is -2.18. The van der Waals surface area contributed by atoms with Crippen LogP contribution in [0.2, 0.25) is 0 Å². The highest BCUT2D eigenvalue weighted by atomic mass is 35.5. The van der Waals surface area contributed by atoms with E-state index in [1.165, 1.54) is 19.3 Å². The smallest absolute Gasteiger partial charge is 0.0544 e. The minimum atomic E-state index is 0.583. The Balaban J connectivity index is 1.87. The maximum absolute atomic E-state index is 5.95. The largest absolute Gasteiger partial charge is 0.308 e. The van der Waals surface area contributed by atoms with Gasteiger partial charge in [0.05, 0.1) is 5.69 Å². The van der Waals surface area contributed by atoms with Gasteiger partial charge in [0.2, 0.25) is 0 Å². The highest BCUT2D eigenvalue weighted by Crippen LogP contribution is 2.26. The van der Waals surface area contributed by atoms with Gasteiger partial charge in [0.15, 0.2) is 0 Å². The molecule has 88 valence electrons. The van der Waals surface area contributed by atoms with Crippen LogP contribution in [-0.4, -0.2) is 16.9 Å². The first kappa shape index (κ1) is 11.9. The molecule has 1 fully saturated rings. The van der Waals surface area contributed by atoms with Crippen LogP contribution in [0.5, 0.6) is 0 Å². The molecule has 1 aliphatic carbocycles. The number of halogens is 1. The van der Waals surface area contributed by atoms with E-state index in [4.69, 9.17) is 11.6 Å². The summed E-state index contributed by atoms with van der Waals surface area (Å²) in [4.78, 5) is 4.49. The molecule has 0 spiro atoms. The topological polar surface area (TPSA) is 24.9 Å². The Labute approximate surface area is 102 Å². The predicted octanol–water partition coefficient (Wildman–Crippen LogP) is 2.89. The summed E-state index contributed by atoms with van der Waals surface area (Å²) >= 11 is 5.95. The summed E-state index contributed by atoms with van der Waals surface area (Å²) in [6, 6.07) is 6.75. The quantitative estimate of drug-likeness (QED) is 0.816. The number of aryl methyl sites for hydroxylation is 1. The zero-order valence-electron chi connectivity index (χ0n) is 9.75. The minimum Gasteiger partial charge on any atom is -0.308 e. The summed E-state index contributed by atoms with van der Waals surface area (Å²) in [6.07, 6.45) is 3.82. The standard InChI is InChI=1S/C13H19ClN2/c1-10-4-2-6-12(16-10)9-15-13-7-3-5-11(13)8-14/h2,4,6,11,13,15H,3,5,7-9H2,1H3. The van der Waals surface area contributed by atoms with Crippen molar-refractivity contribution in [1.29, 1.82) is 0 Å². The van der Waals surface area contributed by atoms with Gasteiger partial charge in [0, 0.05) is 24.2 Å². The second-order valence-electron chi connectivity index (χ2n) is 4.60. The average Bonchev–Trinajstić information content (AvgIpc) is 2.74. The molecule has 1 aromatic heterocycles. The molecule has 0 bridgehead atoms. The number of nitrogens with one attached hydrogen (secondary N) is 1. The molecule has 2 unspecified atom stereocenters. The van der Waals surface area contributed by atoms with Gasteiger partial charge in [-0.3, -0.25) is 4.98 Å². The molecular formula is C13H19ClN2. The van der Waals surface area contributed by atoms with Crippen LogP contribution >= 0.6 is 11.6 Å². The molecule has 2 rings (SSSR count). The van der Waals surface area contributed by atoms with E-state index in [-0.39, 0.29) is 0 Å². The summed E-state index contributed by atoms with van der Waals surface area (Å²) in [5.74, 6) is 1.42. The van der Waals surface area contributed by atoms with Crippen LogP contribution < -0.4 is 5.32 Å². The maximum Gasteiger partial charge on any atom is 0.0544 e. The Morgan fingerprint density at radius 3 is 3.06 bits per heavy atom. The molecule has 0 saturated heterocycles. The number of hydrogen-bond acceptors (Lipinski definition) is 2. The molecule has 0 aliphatic heterocycles. The Kier molecular flexibility index (Phi) is 4.19. The third-order valence-electron chi connectivity index (χ3n) is 3.35. The van der Waals surface area contributed by atoms with Crippen LogP contribution in [0, 0.1) is 12.8 Å². The molecule has 0 amide bonds. The summed E-state index contributed by atoms with van der Waals surface area (Å²) in [6.45, 7) is 2.89. The Morgan fingerprint density at radius 1 is 1.44 bits per heavy atom. The molecule has 0 aromatic carbocycles. The minimum absolute atomic E-state index is 0.583. The van der Waals surface area contributed by atoms with Crippen LogP contribution in [0.25, 0.3) is 0 Å². The first-order valence-electron chi connectivity index (χ1n) is 6.01. The van der Waals surface area contributed by atoms with E-state index in [1.807, 2.05) is 13.0 Å². The van der Waals surface area contributed by atoms with E-state index in [0.717, 1.165) is 23.8 Å². The first-order valence-corrected chi connectivity index (χ1v) is 6.55. The van der Waals surface area contributed by atoms with Gasteiger partial charge in [-0.05, 0) is 37.8 Å². The number of hydrogen-bond donors (Lipinski definition) is 1. The summed E-state index contributed by atoms with van der Waals surface area (Å²) < 4.78 is 0. The number of aromatic nitrogens is 1. The normalized spacial score (nSPS) is 24.9. The van der Waals surface area contributed by atoms with E-state index in [9.17, 15) is 0 Å². The second kappa shape index (κ2) is 5.65. The van der Waals surface area contributed by atoms with Gasteiger partial charge in [-0.2, -0.15) is 0 Å². The summed E-state index contributed by atoms with van der Waals surface area (Å²) in [5.41, 5.74) is 2.21. The Bertz CT molecular complexity index is 340. The molecule has 16 heavy (non-hydrogen) atoms. The lowest BCUT2D eigenvalue weighted by Crippen LogP contribution is -2.32. The lowest BCUT2D eigenvalue weighted by atomic mass is 10.1. The van der Waals surface area contributed by atoms with E-state index in [1.54, 1.807) is 0 Å². The Hall–Kier alpha value is -0.600. The van der Waals surface area contributed by atoms with Crippen molar-refractivity contribution in [3.05, 3.63) is 29.6 Å². The van der Waals surface area contributed by atoms with Gasteiger partial charge in [-0.15, -0.1) is 11.6 Å². The second-order valence-corrected chi connectivity index (χ2v) is 4.91. The van der Waals surface area contributed by atoms with Crippen LogP contribution in [0.3, 0.4) is 0 Å². The number of alkyl halides is 1. The molecular weight excluding hydrogens is 220 g/mol. The Morgan fingerprint density at radius 2 is 2.31 bits per heavy atom. The van der Waals surface area contributed by atoms with Gasteiger partial charge in [0.1, 0.15) is 0 Å². The van der Waals surface area contributed by atoms with Gasteiger partial charge in [0.25, 0.3) is 0 Å². The highest BCUT2D eigenvalue weighted by Gasteiger charge is 2.25. The molecule has 1 heterocycles. The fraction of sp³-hybridized carbons (Fsp3) is 0.615. The molecule has 2 atom stereocenters. The molecule has 2 nitrogen and oxygen atoms in total. The first-order chi connectivity index (χ1) is 7.79. The van der Waals surface area contributed by atoms with Crippen molar-refractivity contribution in [3.63, 3.8) is 0 Å². The number of rotatable bonds is 4. The lowest BCUT2D eigenvalue weighted by molar-refractivity contribution is 0.427. The van der Waals surface area contributed by atoms with Crippen molar-refractivity contribution in [2.45, 2.75) is 38.8 Å².